The number of aliphatic hydroxyl groups is 1. The van der Waals surface area contributed by atoms with E-state index >= 15 is 0 Å². The quantitative estimate of drug-likeness (QED) is 0.339. The van der Waals surface area contributed by atoms with E-state index in [0.717, 1.165) is 18.5 Å². The predicted molar refractivity (Wildman–Crippen MR) is 142 cm³/mol. The van der Waals surface area contributed by atoms with Gasteiger partial charge < -0.3 is 26.0 Å². The van der Waals surface area contributed by atoms with E-state index in [2.05, 4.69) is 68.6 Å². The summed E-state index contributed by atoms with van der Waals surface area (Å²) >= 11 is 0. The SMILES string of the molecule is C=CCNC(=O)c1cnc(Nc2ccc3c(c2)CC(N(C)C)C3)nc1Nc1cccc(C(C)(C)O)n1. The second-order valence-electron chi connectivity index (χ2n) is 9.68. The number of aromatic nitrogens is 3. The Labute approximate surface area is 211 Å². The van der Waals surface area contributed by atoms with E-state index < -0.39 is 5.60 Å². The molecule has 1 amide bonds. The van der Waals surface area contributed by atoms with Crippen LogP contribution in [0.5, 0.6) is 0 Å². The topological polar surface area (TPSA) is 115 Å². The summed E-state index contributed by atoms with van der Waals surface area (Å²) in [7, 11) is 4.22. The van der Waals surface area contributed by atoms with Gasteiger partial charge >= 0.3 is 0 Å². The number of rotatable bonds is 9. The number of nitrogens with zero attached hydrogens (tertiary/aromatic N) is 4. The number of anilines is 4. The van der Waals surface area contributed by atoms with E-state index in [1.54, 1.807) is 38.1 Å². The summed E-state index contributed by atoms with van der Waals surface area (Å²) in [4.78, 5) is 28.5. The van der Waals surface area contributed by atoms with Crippen LogP contribution in [0, 0.1) is 0 Å². The third kappa shape index (κ3) is 5.87. The molecular formula is C27H33N7O2. The molecule has 0 aliphatic heterocycles. The zero-order chi connectivity index (χ0) is 25.9. The van der Waals surface area contributed by atoms with Gasteiger partial charge in [0.2, 0.25) is 5.95 Å². The molecule has 3 aromatic rings. The molecule has 1 unspecified atom stereocenters. The average molecular weight is 488 g/mol. The van der Waals surface area contributed by atoms with Crippen LogP contribution in [0.25, 0.3) is 0 Å². The van der Waals surface area contributed by atoms with Gasteiger partial charge in [0.25, 0.3) is 5.91 Å². The number of pyridine rings is 1. The molecule has 1 aromatic carbocycles. The normalized spacial score (nSPS) is 14.9. The smallest absolute Gasteiger partial charge is 0.256 e. The first-order chi connectivity index (χ1) is 17.1. The highest BCUT2D eigenvalue weighted by atomic mass is 16.3. The number of carbonyl (C=O) groups excluding carboxylic acids is 1. The molecule has 0 spiro atoms. The van der Waals surface area contributed by atoms with Gasteiger partial charge in [-0.3, -0.25) is 4.79 Å². The lowest BCUT2D eigenvalue weighted by Gasteiger charge is -2.18. The minimum atomic E-state index is -1.11. The fraction of sp³-hybridized carbons (Fsp3) is 0.333. The van der Waals surface area contributed by atoms with Gasteiger partial charge in [-0.2, -0.15) is 4.98 Å². The molecule has 4 N–H and O–H groups in total. The van der Waals surface area contributed by atoms with Crippen molar-refractivity contribution in [1.82, 2.24) is 25.2 Å². The van der Waals surface area contributed by atoms with Gasteiger partial charge in [-0.1, -0.05) is 18.2 Å². The fourth-order valence-corrected chi connectivity index (χ4v) is 4.10. The van der Waals surface area contributed by atoms with Crippen molar-refractivity contribution in [3.63, 3.8) is 0 Å². The molecule has 0 radical (unpaired) electrons. The van der Waals surface area contributed by atoms with Crippen LogP contribution in [-0.2, 0) is 18.4 Å². The first-order valence-electron chi connectivity index (χ1n) is 11.9. The second kappa shape index (κ2) is 10.4. The van der Waals surface area contributed by atoms with Crippen molar-refractivity contribution in [2.75, 3.05) is 31.3 Å². The van der Waals surface area contributed by atoms with Crippen LogP contribution in [0.3, 0.4) is 0 Å². The van der Waals surface area contributed by atoms with Crippen molar-refractivity contribution in [2.45, 2.75) is 38.3 Å². The average Bonchev–Trinajstić information content (AvgIpc) is 3.26. The molecule has 0 saturated carbocycles. The van der Waals surface area contributed by atoms with Crippen LogP contribution in [0.15, 0.2) is 55.3 Å². The first-order valence-corrected chi connectivity index (χ1v) is 11.9. The van der Waals surface area contributed by atoms with Gasteiger partial charge in [-0.25, -0.2) is 9.97 Å². The summed E-state index contributed by atoms with van der Waals surface area (Å²) in [5.41, 5.74) is 3.19. The molecule has 9 nitrogen and oxygen atoms in total. The van der Waals surface area contributed by atoms with Crippen LogP contribution in [0.1, 0.15) is 41.0 Å². The van der Waals surface area contributed by atoms with Crippen molar-refractivity contribution >= 4 is 29.2 Å². The molecular weight excluding hydrogens is 454 g/mol. The Bertz CT molecular complexity index is 1270. The third-order valence-electron chi connectivity index (χ3n) is 6.17. The Kier molecular flexibility index (Phi) is 7.32. The molecule has 1 atom stereocenters. The van der Waals surface area contributed by atoms with Gasteiger partial charge in [0.15, 0.2) is 0 Å². The lowest BCUT2D eigenvalue weighted by molar-refractivity contribution is 0.0740. The number of benzene rings is 1. The lowest BCUT2D eigenvalue weighted by atomic mass is 10.1. The molecule has 4 rings (SSSR count). The minimum Gasteiger partial charge on any atom is -0.384 e. The zero-order valence-corrected chi connectivity index (χ0v) is 21.2. The van der Waals surface area contributed by atoms with Crippen molar-refractivity contribution in [2.24, 2.45) is 0 Å². The Balaban J connectivity index is 1.62. The molecule has 2 heterocycles. The van der Waals surface area contributed by atoms with Crippen molar-refractivity contribution < 1.29 is 9.90 Å². The van der Waals surface area contributed by atoms with Crippen LogP contribution < -0.4 is 16.0 Å². The van der Waals surface area contributed by atoms with Crippen LogP contribution >= 0.6 is 0 Å². The number of hydrogen-bond acceptors (Lipinski definition) is 8. The highest BCUT2D eigenvalue weighted by Gasteiger charge is 2.23. The molecule has 2 aromatic heterocycles. The van der Waals surface area contributed by atoms with Crippen LogP contribution in [-0.4, -0.2) is 57.5 Å². The Morgan fingerprint density at radius 3 is 2.67 bits per heavy atom. The van der Waals surface area contributed by atoms with Crippen LogP contribution in [0.2, 0.25) is 0 Å². The van der Waals surface area contributed by atoms with E-state index in [4.69, 9.17) is 0 Å². The zero-order valence-electron chi connectivity index (χ0n) is 21.2. The predicted octanol–water partition coefficient (Wildman–Crippen LogP) is 3.53. The molecule has 9 heteroatoms. The molecule has 188 valence electrons. The maximum absolute atomic E-state index is 12.8. The first kappa shape index (κ1) is 25.3. The number of likely N-dealkylation sites (N-methyl/N-ethyl adjacent to an activating group) is 1. The number of hydrogen-bond donors (Lipinski definition) is 4. The van der Waals surface area contributed by atoms with Crippen molar-refractivity contribution in [1.29, 1.82) is 0 Å². The minimum absolute atomic E-state index is 0.264. The number of fused-ring (bicyclic) bond motifs is 1. The number of carbonyl (C=O) groups is 1. The van der Waals surface area contributed by atoms with E-state index in [1.165, 1.54) is 17.3 Å². The Morgan fingerprint density at radius 2 is 1.94 bits per heavy atom. The van der Waals surface area contributed by atoms with Crippen LogP contribution in [0.4, 0.5) is 23.3 Å². The summed E-state index contributed by atoms with van der Waals surface area (Å²) in [5.74, 6) is 0.751. The summed E-state index contributed by atoms with van der Waals surface area (Å²) in [6, 6.07) is 12.1. The summed E-state index contributed by atoms with van der Waals surface area (Å²) in [5, 5.41) is 19.5. The van der Waals surface area contributed by atoms with E-state index in [1.807, 2.05) is 6.07 Å². The molecule has 0 bridgehead atoms. The van der Waals surface area contributed by atoms with Gasteiger partial charge in [0.05, 0.1) is 5.69 Å². The maximum atomic E-state index is 12.8. The lowest BCUT2D eigenvalue weighted by Crippen LogP contribution is -2.27. The standard InChI is InChI=1S/C27H33N7O2/c1-6-12-28-25(35)21-16-29-26(30-19-11-10-17-14-20(34(4)5)15-18(17)13-19)33-24(21)32-23-9-7-8-22(31-23)27(2,3)36/h6-11,13,16,20,36H,1,12,14-15H2,2-5H3,(H,28,35)(H2,29,30,31,32,33). The Morgan fingerprint density at radius 1 is 1.17 bits per heavy atom. The second-order valence-corrected chi connectivity index (χ2v) is 9.68. The van der Waals surface area contributed by atoms with Gasteiger partial charge in [0, 0.05) is 24.5 Å². The van der Waals surface area contributed by atoms with E-state index in [9.17, 15) is 9.90 Å². The summed E-state index contributed by atoms with van der Waals surface area (Å²) < 4.78 is 0. The molecule has 0 saturated heterocycles. The number of amides is 1. The third-order valence-corrected chi connectivity index (χ3v) is 6.17. The Hall–Kier alpha value is -3.82. The maximum Gasteiger partial charge on any atom is 0.256 e. The molecule has 1 aliphatic carbocycles. The molecule has 0 fully saturated rings. The van der Waals surface area contributed by atoms with Gasteiger partial charge in [-0.05, 0) is 76.2 Å². The van der Waals surface area contributed by atoms with Gasteiger partial charge in [0.1, 0.15) is 22.8 Å². The monoisotopic (exact) mass is 487 g/mol. The summed E-state index contributed by atoms with van der Waals surface area (Å²) in [6.45, 7) is 7.28. The largest absolute Gasteiger partial charge is 0.384 e. The van der Waals surface area contributed by atoms with Gasteiger partial charge in [-0.15, -0.1) is 6.58 Å². The highest BCUT2D eigenvalue weighted by molar-refractivity contribution is 5.99. The summed E-state index contributed by atoms with van der Waals surface area (Å²) in [6.07, 6.45) is 5.12. The molecule has 36 heavy (non-hydrogen) atoms. The van der Waals surface area contributed by atoms with E-state index in [0.29, 0.717) is 35.9 Å². The molecule has 1 aliphatic rings. The highest BCUT2D eigenvalue weighted by Crippen LogP contribution is 2.29. The van der Waals surface area contributed by atoms with Crippen molar-refractivity contribution in [3.05, 3.63) is 77.6 Å². The van der Waals surface area contributed by atoms with Crippen molar-refractivity contribution in [3.8, 4) is 0 Å². The number of nitrogens with one attached hydrogen (secondary N) is 3. The fourth-order valence-electron chi connectivity index (χ4n) is 4.10. The van der Waals surface area contributed by atoms with E-state index in [-0.39, 0.29) is 11.5 Å².